The SMILES string of the molecule is CCOC(=O)CCCCCOc1ccccc1Cc1nc(-c2ccc(C#C[Si](C)(C)C)cc2)[nH]c1C. The van der Waals surface area contributed by atoms with Crippen molar-refractivity contribution in [3.8, 4) is 28.6 Å². The van der Waals surface area contributed by atoms with Crippen LogP contribution in [0.25, 0.3) is 11.4 Å². The molecule has 6 heteroatoms. The van der Waals surface area contributed by atoms with Gasteiger partial charge in [0, 0.05) is 35.2 Å². The van der Waals surface area contributed by atoms with Gasteiger partial charge in [-0.1, -0.05) is 55.9 Å². The average molecular weight is 503 g/mol. The number of aromatic nitrogens is 2. The molecule has 3 rings (SSSR count). The first kappa shape index (κ1) is 27.3. The zero-order valence-corrected chi connectivity index (χ0v) is 23.2. The summed E-state index contributed by atoms with van der Waals surface area (Å²) in [6.07, 6.45) is 3.83. The lowest BCUT2D eigenvalue weighted by Gasteiger charge is -2.11. The maximum atomic E-state index is 11.4. The second kappa shape index (κ2) is 13.1. The summed E-state index contributed by atoms with van der Waals surface area (Å²) >= 11 is 0. The van der Waals surface area contributed by atoms with E-state index < -0.39 is 8.07 Å². The van der Waals surface area contributed by atoms with Gasteiger partial charge in [0.25, 0.3) is 0 Å². The fraction of sp³-hybridized carbons (Fsp3) is 0.400. The first-order valence-electron chi connectivity index (χ1n) is 12.8. The number of nitrogens with zero attached hydrogens (tertiary/aromatic N) is 1. The number of unbranched alkanes of at least 4 members (excludes halogenated alkanes) is 2. The van der Waals surface area contributed by atoms with Crippen molar-refractivity contribution in [3.05, 3.63) is 71.0 Å². The number of carbonyl (C=O) groups excluding carboxylic acids is 1. The van der Waals surface area contributed by atoms with Gasteiger partial charge >= 0.3 is 5.97 Å². The Labute approximate surface area is 216 Å². The third-order valence-corrected chi connectivity index (χ3v) is 6.52. The second-order valence-corrected chi connectivity index (χ2v) is 14.7. The molecule has 190 valence electrons. The monoisotopic (exact) mass is 502 g/mol. The fourth-order valence-electron chi connectivity index (χ4n) is 3.71. The van der Waals surface area contributed by atoms with Gasteiger partial charge in [-0.2, -0.15) is 0 Å². The van der Waals surface area contributed by atoms with Crippen LogP contribution in [0.5, 0.6) is 5.75 Å². The molecule has 0 spiro atoms. The Balaban J connectivity index is 1.59. The Bertz CT molecular complexity index is 1200. The van der Waals surface area contributed by atoms with Crippen LogP contribution >= 0.6 is 0 Å². The molecule has 5 nitrogen and oxygen atoms in total. The molecule has 0 saturated heterocycles. The van der Waals surface area contributed by atoms with Crippen LogP contribution in [0, 0.1) is 18.4 Å². The van der Waals surface area contributed by atoms with Crippen LogP contribution in [0.15, 0.2) is 48.5 Å². The van der Waals surface area contributed by atoms with Crippen molar-refractivity contribution in [2.45, 2.75) is 65.6 Å². The van der Waals surface area contributed by atoms with Crippen molar-refractivity contribution < 1.29 is 14.3 Å². The van der Waals surface area contributed by atoms with Crippen molar-refractivity contribution >= 4 is 14.0 Å². The summed E-state index contributed by atoms with van der Waals surface area (Å²) in [4.78, 5) is 19.8. The highest BCUT2D eigenvalue weighted by Crippen LogP contribution is 2.25. The van der Waals surface area contributed by atoms with Crippen LogP contribution in [0.2, 0.25) is 19.6 Å². The van der Waals surface area contributed by atoms with Crippen molar-refractivity contribution in [2.24, 2.45) is 0 Å². The van der Waals surface area contributed by atoms with Crippen LogP contribution in [0.4, 0.5) is 0 Å². The van der Waals surface area contributed by atoms with E-state index in [2.05, 4.69) is 73.3 Å². The maximum Gasteiger partial charge on any atom is 0.305 e. The van der Waals surface area contributed by atoms with E-state index in [9.17, 15) is 4.79 Å². The molecule has 3 aromatic rings. The summed E-state index contributed by atoms with van der Waals surface area (Å²) in [7, 11) is -1.39. The van der Waals surface area contributed by atoms with Gasteiger partial charge in [0.05, 0.1) is 18.9 Å². The van der Waals surface area contributed by atoms with Gasteiger partial charge in [-0.25, -0.2) is 4.98 Å². The molecule has 0 atom stereocenters. The third kappa shape index (κ3) is 8.73. The molecule has 36 heavy (non-hydrogen) atoms. The maximum absolute atomic E-state index is 11.4. The highest BCUT2D eigenvalue weighted by Gasteiger charge is 2.12. The van der Waals surface area contributed by atoms with E-state index in [1.807, 2.05) is 25.1 Å². The summed E-state index contributed by atoms with van der Waals surface area (Å²) in [5.41, 5.74) is 8.68. The lowest BCUT2D eigenvalue weighted by Crippen LogP contribution is -2.16. The smallest absolute Gasteiger partial charge is 0.305 e. The molecule has 1 N–H and O–H groups in total. The van der Waals surface area contributed by atoms with E-state index in [1.165, 1.54) is 0 Å². The Kier molecular flexibility index (Phi) is 9.95. The Hall–Kier alpha value is -3.30. The quantitative estimate of drug-likeness (QED) is 0.137. The highest BCUT2D eigenvalue weighted by atomic mass is 28.3. The van der Waals surface area contributed by atoms with Crippen molar-refractivity contribution in [1.82, 2.24) is 9.97 Å². The molecule has 0 amide bonds. The molecular weight excluding hydrogens is 464 g/mol. The molecule has 0 bridgehead atoms. The summed E-state index contributed by atoms with van der Waals surface area (Å²) in [6, 6.07) is 16.4. The number of nitrogens with one attached hydrogen (secondary N) is 1. The van der Waals surface area contributed by atoms with E-state index in [0.717, 1.165) is 58.9 Å². The Morgan fingerprint density at radius 1 is 1.03 bits per heavy atom. The zero-order chi connectivity index (χ0) is 26.0. The van der Waals surface area contributed by atoms with Crippen molar-refractivity contribution in [3.63, 3.8) is 0 Å². The molecule has 0 fully saturated rings. The lowest BCUT2D eigenvalue weighted by molar-refractivity contribution is -0.143. The topological polar surface area (TPSA) is 64.2 Å². The zero-order valence-electron chi connectivity index (χ0n) is 22.2. The average Bonchev–Trinajstić information content (AvgIpc) is 3.21. The van der Waals surface area contributed by atoms with Crippen molar-refractivity contribution in [2.75, 3.05) is 13.2 Å². The van der Waals surface area contributed by atoms with Crippen LogP contribution in [0.3, 0.4) is 0 Å². The number of benzene rings is 2. The number of hydrogen-bond acceptors (Lipinski definition) is 4. The fourth-order valence-corrected chi connectivity index (χ4v) is 4.23. The predicted molar refractivity (Wildman–Crippen MR) is 149 cm³/mol. The number of hydrogen-bond donors (Lipinski definition) is 1. The first-order valence-corrected chi connectivity index (χ1v) is 16.3. The number of para-hydroxylation sites is 1. The van der Waals surface area contributed by atoms with Gasteiger partial charge in [0.2, 0.25) is 0 Å². The number of rotatable bonds is 11. The van der Waals surface area contributed by atoms with Gasteiger partial charge in [-0.3, -0.25) is 4.79 Å². The lowest BCUT2D eigenvalue weighted by atomic mass is 10.1. The van der Waals surface area contributed by atoms with Crippen LogP contribution in [-0.4, -0.2) is 37.2 Å². The van der Waals surface area contributed by atoms with E-state index in [4.69, 9.17) is 14.5 Å². The summed E-state index contributed by atoms with van der Waals surface area (Å²) in [5, 5.41) is 0. The van der Waals surface area contributed by atoms with E-state index >= 15 is 0 Å². The standard InChI is InChI=1S/C30H38N2O3Si/c1-6-34-29(33)14-8-7-11-20-35-28-13-10-9-12-26(28)22-27-23(2)31-30(32-27)25-17-15-24(16-18-25)19-21-36(3,4)5/h9-10,12-13,15-18H,6-8,11,14,20,22H2,1-5H3,(H,31,32). The minimum Gasteiger partial charge on any atom is -0.493 e. The molecule has 0 radical (unpaired) electrons. The normalized spacial score (nSPS) is 11.0. The van der Waals surface area contributed by atoms with Gasteiger partial charge in [-0.05, 0) is 51.3 Å². The molecule has 2 aromatic carbocycles. The third-order valence-electron chi connectivity index (χ3n) is 5.64. The number of ether oxygens (including phenoxy) is 2. The van der Waals surface area contributed by atoms with E-state index in [-0.39, 0.29) is 5.97 Å². The molecule has 0 aliphatic rings. The van der Waals surface area contributed by atoms with Gasteiger partial charge in [0.1, 0.15) is 19.6 Å². The number of aromatic amines is 1. The van der Waals surface area contributed by atoms with Gasteiger partial charge < -0.3 is 14.5 Å². The van der Waals surface area contributed by atoms with Gasteiger partial charge in [-0.15, -0.1) is 5.54 Å². The molecule has 0 saturated carbocycles. The van der Waals surface area contributed by atoms with E-state index in [0.29, 0.717) is 26.1 Å². The summed E-state index contributed by atoms with van der Waals surface area (Å²) in [5.74, 6) is 4.94. The summed E-state index contributed by atoms with van der Waals surface area (Å²) in [6.45, 7) is 11.7. The molecule has 1 heterocycles. The van der Waals surface area contributed by atoms with E-state index in [1.54, 1.807) is 0 Å². The Morgan fingerprint density at radius 2 is 1.78 bits per heavy atom. The molecule has 0 aliphatic heterocycles. The minimum absolute atomic E-state index is 0.121. The summed E-state index contributed by atoms with van der Waals surface area (Å²) < 4.78 is 11.1. The minimum atomic E-state index is -1.39. The molecular formula is C30H38N2O3Si. The number of aryl methyl sites for hydroxylation is 1. The second-order valence-electron chi connectivity index (χ2n) is 9.98. The van der Waals surface area contributed by atoms with Crippen molar-refractivity contribution in [1.29, 1.82) is 0 Å². The molecule has 0 aliphatic carbocycles. The number of carbonyl (C=O) groups is 1. The Morgan fingerprint density at radius 3 is 2.50 bits per heavy atom. The van der Waals surface area contributed by atoms with Gasteiger partial charge in [0.15, 0.2) is 0 Å². The first-order chi connectivity index (χ1) is 17.2. The number of esters is 1. The largest absolute Gasteiger partial charge is 0.493 e. The predicted octanol–water partition coefficient (Wildman–Crippen LogP) is 6.71. The van der Waals surface area contributed by atoms with Crippen LogP contribution in [-0.2, 0) is 16.0 Å². The molecule has 1 aromatic heterocycles. The van der Waals surface area contributed by atoms with Crippen LogP contribution in [0.1, 0.15) is 55.1 Å². The number of imidazole rings is 1. The highest BCUT2D eigenvalue weighted by molar-refractivity contribution is 6.83. The van der Waals surface area contributed by atoms with Crippen LogP contribution < -0.4 is 4.74 Å². The number of H-pyrrole nitrogens is 1. The molecule has 0 unspecified atom stereocenters.